The van der Waals surface area contributed by atoms with Gasteiger partial charge in [0.05, 0.1) is 24.8 Å². The van der Waals surface area contributed by atoms with E-state index in [0.29, 0.717) is 38.4 Å². The predicted molar refractivity (Wildman–Crippen MR) is 134 cm³/mol. The maximum absolute atomic E-state index is 14.9. The van der Waals surface area contributed by atoms with Crippen LogP contribution in [0.5, 0.6) is 5.75 Å². The van der Waals surface area contributed by atoms with Crippen LogP contribution in [0.2, 0.25) is 5.02 Å². The Kier molecular flexibility index (Phi) is 5.85. The number of hydrogen-bond acceptors (Lipinski definition) is 6. The minimum Gasteiger partial charge on any atom is -0.489 e. The van der Waals surface area contributed by atoms with Gasteiger partial charge >= 0.3 is 0 Å². The van der Waals surface area contributed by atoms with E-state index < -0.39 is 17.3 Å². The van der Waals surface area contributed by atoms with Gasteiger partial charge in [-0.25, -0.2) is 18.2 Å². The number of benzene rings is 1. The first kappa shape index (κ1) is 24.8. The van der Waals surface area contributed by atoms with Gasteiger partial charge in [-0.1, -0.05) is 23.7 Å². The average Bonchev–Trinajstić information content (AvgIpc) is 3.07. The van der Waals surface area contributed by atoms with Crippen molar-refractivity contribution in [1.29, 1.82) is 0 Å². The summed E-state index contributed by atoms with van der Waals surface area (Å²) in [6.45, 7) is 5.84. The van der Waals surface area contributed by atoms with Crippen molar-refractivity contribution in [2.24, 2.45) is 0 Å². The van der Waals surface area contributed by atoms with Crippen molar-refractivity contribution >= 4 is 23.3 Å². The number of amides is 1. The van der Waals surface area contributed by atoms with Gasteiger partial charge in [0.2, 0.25) is 0 Å². The number of aromatic nitrogens is 1. The summed E-state index contributed by atoms with van der Waals surface area (Å²) >= 11 is 6.81. The van der Waals surface area contributed by atoms with Crippen molar-refractivity contribution in [2.75, 3.05) is 50.8 Å². The van der Waals surface area contributed by atoms with Crippen LogP contribution in [0.25, 0.3) is 11.3 Å². The van der Waals surface area contributed by atoms with Crippen LogP contribution in [0.3, 0.4) is 0 Å². The highest BCUT2D eigenvalue weighted by molar-refractivity contribution is 6.35. The number of anilines is 1. The number of carbonyl (C=O) groups is 1. The lowest BCUT2D eigenvalue weighted by molar-refractivity contribution is -0.143. The van der Waals surface area contributed by atoms with Crippen LogP contribution in [0.15, 0.2) is 24.3 Å². The standard InChI is InChI=1S/C26H29ClF3N5O2/c1-25(2)9-15(33-13-26(29,30)14-33)11-35(25)23-19-22(37-12-16-10-31-7-8-34(16)24(19)36)20(27)21(32-23)17-5-3-4-6-18(17)28/h3-6,15-16,31H,7-14H2,1-2H3/t15?,16-/m1/s1. The second-order valence-corrected chi connectivity index (χ2v) is 11.4. The minimum atomic E-state index is -2.67. The Balaban J connectivity index is 1.50. The van der Waals surface area contributed by atoms with Crippen molar-refractivity contribution in [2.45, 2.75) is 43.8 Å². The fourth-order valence-electron chi connectivity index (χ4n) is 6.02. The van der Waals surface area contributed by atoms with Gasteiger partial charge in [0.15, 0.2) is 5.75 Å². The van der Waals surface area contributed by atoms with Gasteiger partial charge in [-0.2, -0.15) is 0 Å². The molecule has 1 amide bonds. The molecule has 1 aromatic carbocycles. The quantitative estimate of drug-likeness (QED) is 0.647. The zero-order valence-electron chi connectivity index (χ0n) is 20.7. The summed E-state index contributed by atoms with van der Waals surface area (Å²) in [4.78, 5) is 24.4. The van der Waals surface area contributed by atoms with E-state index in [2.05, 4.69) is 5.32 Å². The van der Waals surface area contributed by atoms with Crippen LogP contribution in [-0.2, 0) is 0 Å². The molecule has 3 saturated heterocycles. The third-order valence-electron chi connectivity index (χ3n) is 7.95. The summed E-state index contributed by atoms with van der Waals surface area (Å²) in [7, 11) is 0. The van der Waals surface area contributed by atoms with Crippen LogP contribution >= 0.6 is 11.6 Å². The van der Waals surface area contributed by atoms with Crippen molar-refractivity contribution in [3.63, 3.8) is 0 Å². The second kappa shape index (κ2) is 8.74. The van der Waals surface area contributed by atoms with Gasteiger partial charge in [-0.15, -0.1) is 0 Å². The van der Waals surface area contributed by atoms with E-state index in [1.165, 1.54) is 6.07 Å². The molecule has 2 aromatic rings. The van der Waals surface area contributed by atoms with Gasteiger partial charge in [-0.3, -0.25) is 9.69 Å². The monoisotopic (exact) mass is 535 g/mol. The van der Waals surface area contributed by atoms with E-state index in [9.17, 15) is 18.0 Å². The first-order chi connectivity index (χ1) is 17.6. The number of halogens is 4. The molecule has 4 aliphatic heterocycles. The Morgan fingerprint density at radius 2 is 1.95 bits per heavy atom. The molecule has 3 fully saturated rings. The lowest BCUT2D eigenvalue weighted by Gasteiger charge is -2.42. The molecule has 198 valence electrons. The highest BCUT2D eigenvalue weighted by atomic mass is 35.5. The topological polar surface area (TPSA) is 60.9 Å². The first-order valence-electron chi connectivity index (χ1n) is 12.6. The maximum atomic E-state index is 14.9. The summed E-state index contributed by atoms with van der Waals surface area (Å²) < 4.78 is 48.5. The molecule has 11 heteroatoms. The van der Waals surface area contributed by atoms with Crippen molar-refractivity contribution in [1.82, 2.24) is 20.1 Å². The smallest absolute Gasteiger partial charge is 0.272 e. The van der Waals surface area contributed by atoms with Crippen LogP contribution < -0.4 is 15.0 Å². The number of ether oxygens (including phenoxy) is 1. The van der Waals surface area contributed by atoms with Crippen molar-refractivity contribution in [3.8, 4) is 17.0 Å². The number of pyridine rings is 1. The molecule has 37 heavy (non-hydrogen) atoms. The van der Waals surface area contributed by atoms with E-state index in [1.54, 1.807) is 28.0 Å². The Hall–Kier alpha value is -2.56. The summed E-state index contributed by atoms with van der Waals surface area (Å²) in [6, 6.07) is 5.88. The molecule has 1 unspecified atom stereocenters. The molecule has 1 aromatic heterocycles. The molecule has 4 aliphatic rings. The summed E-state index contributed by atoms with van der Waals surface area (Å²) in [6.07, 6.45) is 0.614. The van der Waals surface area contributed by atoms with Gasteiger partial charge < -0.3 is 19.9 Å². The normalized spacial score (nSPS) is 26.7. The average molecular weight is 536 g/mol. The molecule has 0 spiro atoms. The zero-order valence-corrected chi connectivity index (χ0v) is 21.5. The van der Waals surface area contributed by atoms with Gasteiger partial charge in [-0.05, 0) is 32.4 Å². The zero-order chi connectivity index (χ0) is 26.1. The molecular weight excluding hydrogens is 507 g/mol. The van der Waals surface area contributed by atoms with Gasteiger partial charge in [0.25, 0.3) is 11.8 Å². The van der Waals surface area contributed by atoms with E-state index in [1.807, 2.05) is 18.7 Å². The summed E-state index contributed by atoms with van der Waals surface area (Å²) in [5.41, 5.74) is 0.130. The van der Waals surface area contributed by atoms with E-state index in [-0.39, 0.29) is 65.3 Å². The number of fused-ring (bicyclic) bond motifs is 2. The Bertz CT molecular complexity index is 1250. The second-order valence-electron chi connectivity index (χ2n) is 11.0. The Labute approximate surface area is 218 Å². The predicted octanol–water partition coefficient (Wildman–Crippen LogP) is 3.66. The van der Waals surface area contributed by atoms with Crippen LogP contribution in [0.1, 0.15) is 30.6 Å². The fraction of sp³-hybridized carbons (Fsp3) is 0.538. The molecule has 0 aliphatic carbocycles. The molecule has 6 rings (SSSR count). The number of alkyl halides is 2. The van der Waals surface area contributed by atoms with E-state index in [0.717, 1.165) is 0 Å². The fourth-order valence-corrected chi connectivity index (χ4v) is 6.31. The molecule has 2 atom stereocenters. The SMILES string of the molecule is CC1(C)CC(N2CC(F)(F)C2)CN1c1nc(-c2ccccc2F)c(Cl)c2c1C(=O)N1CCNC[C@@H]1CO2. The Morgan fingerprint density at radius 3 is 2.68 bits per heavy atom. The number of rotatable bonds is 3. The lowest BCUT2D eigenvalue weighted by atomic mass is 9.97. The molecule has 0 radical (unpaired) electrons. The number of nitrogens with one attached hydrogen (secondary N) is 1. The number of likely N-dealkylation sites (tertiary alicyclic amines) is 1. The van der Waals surface area contributed by atoms with Crippen LogP contribution in [-0.4, -0.2) is 90.1 Å². The molecule has 7 nitrogen and oxygen atoms in total. The summed E-state index contributed by atoms with van der Waals surface area (Å²) in [5.74, 6) is -2.86. The van der Waals surface area contributed by atoms with E-state index in [4.69, 9.17) is 21.3 Å². The highest BCUT2D eigenvalue weighted by Gasteiger charge is 2.52. The van der Waals surface area contributed by atoms with Crippen LogP contribution in [0, 0.1) is 5.82 Å². The summed E-state index contributed by atoms with van der Waals surface area (Å²) in [5, 5.41) is 3.37. The highest BCUT2D eigenvalue weighted by Crippen LogP contribution is 2.47. The number of carbonyl (C=O) groups excluding carboxylic acids is 1. The van der Waals surface area contributed by atoms with Crippen molar-refractivity contribution < 1.29 is 22.7 Å². The third kappa shape index (κ3) is 4.13. The lowest BCUT2D eigenvalue weighted by Crippen LogP contribution is -2.60. The Morgan fingerprint density at radius 1 is 1.19 bits per heavy atom. The van der Waals surface area contributed by atoms with E-state index >= 15 is 0 Å². The number of piperazine rings is 1. The molecule has 5 heterocycles. The molecule has 1 N–H and O–H groups in total. The number of nitrogens with zero attached hydrogens (tertiary/aromatic N) is 4. The van der Waals surface area contributed by atoms with Gasteiger partial charge in [0.1, 0.15) is 28.8 Å². The van der Waals surface area contributed by atoms with Crippen LogP contribution in [0.4, 0.5) is 19.0 Å². The molecule has 0 saturated carbocycles. The first-order valence-corrected chi connectivity index (χ1v) is 13.0. The maximum Gasteiger partial charge on any atom is 0.272 e. The largest absolute Gasteiger partial charge is 0.489 e. The number of hydrogen-bond donors (Lipinski definition) is 1. The molecular formula is C26H29ClF3N5O2. The minimum absolute atomic E-state index is 0.0842. The van der Waals surface area contributed by atoms with Crippen molar-refractivity contribution in [3.05, 3.63) is 40.7 Å². The van der Waals surface area contributed by atoms with Gasteiger partial charge in [0, 0.05) is 43.3 Å². The third-order valence-corrected chi connectivity index (χ3v) is 8.30. The molecule has 0 bridgehead atoms.